The molecule has 3 nitrogen and oxygen atoms in total. The molecule has 1 atom stereocenters. The SMILES string of the molecule is Cc1oc(-c2ccccc2)nc1CCC(O)c1ccc(Br)s1. The lowest BCUT2D eigenvalue weighted by Gasteiger charge is -2.06. The normalized spacial score (nSPS) is 12.5. The zero-order valence-electron chi connectivity index (χ0n) is 12.1. The van der Waals surface area contributed by atoms with E-state index in [1.165, 1.54) is 0 Å². The average Bonchev–Trinajstić information content (AvgIpc) is 3.12. The van der Waals surface area contributed by atoms with E-state index in [4.69, 9.17) is 4.42 Å². The van der Waals surface area contributed by atoms with Gasteiger partial charge in [0.05, 0.1) is 15.6 Å². The van der Waals surface area contributed by atoms with Crippen molar-refractivity contribution in [2.75, 3.05) is 0 Å². The molecule has 1 aromatic carbocycles. The Bertz CT molecular complexity index is 751. The smallest absolute Gasteiger partial charge is 0.226 e. The number of thiophene rings is 1. The number of aliphatic hydroxyl groups excluding tert-OH is 1. The summed E-state index contributed by atoms with van der Waals surface area (Å²) in [5.41, 5.74) is 1.88. The lowest BCUT2D eigenvalue weighted by molar-refractivity contribution is 0.171. The molecule has 0 aliphatic carbocycles. The van der Waals surface area contributed by atoms with Gasteiger partial charge in [-0.05, 0) is 60.0 Å². The molecule has 3 rings (SSSR count). The summed E-state index contributed by atoms with van der Waals surface area (Å²) in [5.74, 6) is 1.46. The molecule has 0 aliphatic heterocycles. The largest absolute Gasteiger partial charge is 0.441 e. The number of nitrogens with zero attached hydrogens (tertiary/aromatic N) is 1. The third-order valence-electron chi connectivity index (χ3n) is 3.49. The number of aromatic nitrogens is 1. The van der Waals surface area contributed by atoms with Crippen molar-refractivity contribution in [2.45, 2.75) is 25.9 Å². The molecule has 0 aliphatic rings. The van der Waals surface area contributed by atoms with Gasteiger partial charge in [0.25, 0.3) is 0 Å². The van der Waals surface area contributed by atoms with E-state index >= 15 is 0 Å². The van der Waals surface area contributed by atoms with E-state index in [0.717, 1.165) is 25.7 Å². The minimum atomic E-state index is -0.465. The highest BCUT2D eigenvalue weighted by Crippen LogP contribution is 2.30. The van der Waals surface area contributed by atoms with Crippen LogP contribution in [0.2, 0.25) is 0 Å². The summed E-state index contributed by atoms with van der Waals surface area (Å²) in [7, 11) is 0. The Labute approximate surface area is 141 Å². The Kier molecular flexibility index (Phi) is 4.76. The number of aliphatic hydroxyl groups is 1. The van der Waals surface area contributed by atoms with Gasteiger partial charge in [0, 0.05) is 10.4 Å². The number of hydrogen-bond donors (Lipinski definition) is 1. The van der Waals surface area contributed by atoms with Crippen molar-refractivity contribution in [3.05, 3.63) is 62.6 Å². The number of aryl methyl sites for hydroxylation is 2. The van der Waals surface area contributed by atoms with Crippen LogP contribution in [0, 0.1) is 6.92 Å². The van der Waals surface area contributed by atoms with E-state index in [2.05, 4.69) is 20.9 Å². The quantitative estimate of drug-likeness (QED) is 0.669. The van der Waals surface area contributed by atoms with Crippen LogP contribution in [-0.4, -0.2) is 10.1 Å². The molecular weight excluding hydrogens is 362 g/mol. The van der Waals surface area contributed by atoms with Gasteiger partial charge >= 0.3 is 0 Å². The summed E-state index contributed by atoms with van der Waals surface area (Å²) < 4.78 is 6.78. The van der Waals surface area contributed by atoms with Crippen molar-refractivity contribution in [1.29, 1.82) is 0 Å². The van der Waals surface area contributed by atoms with Gasteiger partial charge in [-0.3, -0.25) is 0 Å². The molecule has 114 valence electrons. The number of hydrogen-bond acceptors (Lipinski definition) is 4. The second-order valence-electron chi connectivity index (χ2n) is 5.08. The van der Waals surface area contributed by atoms with Gasteiger partial charge in [0.15, 0.2) is 0 Å². The first-order chi connectivity index (χ1) is 10.6. The van der Waals surface area contributed by atoms with Crippen LogP contribution in [0.4, 0.5) is 0 Å². The van der Waals surface area contributed by atoms with Crippen LogP contribution in [0.15, 0.2) is 50.7 Å². The molecule has 0 fully saturated rings. The van der Waals surface area contributed by atoms with Crippen molar-refractivity contribution >= 4 is 27.3 Å². The van der Waals surface area contributed by atoms with E-state index in [1.54, 1.807) is 11.3 Å². The molecule has 1 unspecified atom stereocenters. The summed E-state index contributed by atoms with van der Waals surface area (Å²) in [5, 5.41) is 10.2. The van der Waals surface area contributed by atoms with E-state index in [0.29, 0.717) is 18.7 Å². The maximum absolute atomic E-state index is 10.2. The molecule has 22 heavy (non-hydrogen) atoms. The fraction of sp³-hybridized carbons (Fsp3) is 0.235. The van der Waals surface area contributed by atoms with E-state index in [1.807, 2.05) is 49.4 Å². The molecular formula is C17H16BrNO2S. The number of oxazole rings is 1. The highest BCUT2D eigenvalue weighted by Gasteiger charge is 2.15. The van der Waals surface area contributed by atoms with Gasteiger partial charge in [-0.15, -0.1) is 11.3 Å². The predicted octanol–water partition coefficient (Wildman–Crippen LogP) is 5.14. The van der Waals surface area contributed by atoms with E-state index in [-0.39, 0.29) is 0 Å². The maximum atomic E-state index is 10.2. The minimum Gasteiger partial charge on any atom is -0.441 e. The molecule has 1 N–H and O–H groups in total. The second-order valence-corrected chi connectivity index (χ2v) is 7.58. The van der Waals surface area contributed by atoms with Crippen LogP contribution in [0.3, 0.4) is 0 Å². The summed E-state index contributed by atoms with van der Waals surface area (Å²) in [6.45, 7) is 1.92. The standard InChI is InChI=1S/C17H16BrNO2S/c1-11-13(7-8-14(20)15-9-10-16(18)22-15)19-17(21-11)12-5-3-2-4-6-12/h2-6,9-10,14,20H,7-8H2,1H3. The van der Waals surface area contributed by atoms with E-state index in [9.17, 15) is 5.11 Å². The van der Waals surface area contributed by atoms with Crippen molar-refractivity contribution in [3.8, 4) is 11.5 Å². The minimum absolute atomic E-state index is 0.465. The van der Waals surface area contributed by atoms with Gasteiger partial charge in [0.1, 0.15) is 5.76 Å². The first-order valence-electron chi connectivity index (χ1n) is 7.08. The molecule has 2 aromatic heterocycles. The highest BCUT2D eigenvalue weighted by molar-refractivity contribution is 9.11. The molecule has 0 spiro atoms. The lowest BCUT2D eigenvalue weighted by Crippen LogP contribution is -1.98. The lowest BCUT2D eigenvalue weighted by atomic mass is 10.1. The van der Waals surface area contributed by atoms with Crippen LogP contribution >= 0.6 is 27.3 Å². The fourth-order valence-electron chi connectivity index (χ4n) is 2.29. The van der Waals surface area contributed by atoms with Gasteiger partial charge in [-0.2, -0.15) is 0 Å². The fourth-order valence-corrected chi connectivity index (χ4v) is 3.73. The van der Waals surface area contributed by atoms with E-state index < -0.39 is 6.10 Å². The molecule has 0 saturated carbocycles. The van der Waals surface area contributed by atoms with Crippen molar-refractivity contribution < 1.29 is 9.52 Å². The van der Waals surface area contributed by atoms with Crippen LogP contribution in [0.1, 0.15) is 28.9 Å². The number of halogens is 1. The van der Waals surface area contributed by atoms with Crippen molar-refractivity contribution in [1.82, 2.24) is 4.98 Å². The van der Waals surface area contributed by atoms with Crippen molar-refractivity contribution in [2.24, 2.45) is 0 Å². The Morgan fingerprint density at radius 2 is 2.00 bits per heavy atom. The predicted molar refractivity (Wildman–Crippen MR) is 92.0 cm³/mol. The zero-order valence-corrected chi connectivity index (χ0v) is 14.5. The average molecular weight is 378 g/mol. The highest BCUT2D eigenvalue weighted by atomic mass is 79.9. The maximum Gasteiger partial charge on any atom is 0.226 e. The molecule has 0 saturated heterocycles. The Balaban J connectivity index is 1.69. The Morgan fingerprint density at radius 1 is 1.23 bits per heavy atom. The molecule has 0 radical (unpaired) electrons. The van der Waals surface area contributed by atoms with Gasteiger partial charge in [-0.25, -0.2) is 4.98 Å². The van der Waals surface area contributed by atoms with Gasteiger partial charge in [-0.1, -0.05) is 18.2 Å². The monoisotopic (exact) mass is 377 g/mol. The third kappa shape index (κ3) is 3.48. The van der Waals surface area contributed by atoms with Crippen LogP contribution in [-0.2, 0) is 6.42 Å². The third-order valence-corrected chi connectivity index (χ3v) is 5.22. The zero-order chi connectivity index (χ0) is 15.5. The van der Waals surface area contributed by atoms with Crippen LogP contribution < -0.4 is 0 Å². The molecule has 0 bridgehead atoms. The molecule has 5 heteroatoms. The number of benzene rings is 1. The topological polar surface area (TPSA) is 46.3 Å². The Hall–Kier alpha value is -1.43. The summed E-state index contributed by atoms with van der Waals surface area (Å²) in [4.78, 5) is 5.54. The van der Waals surface area contributed by atoms with Crippen molar-refractivity contribution in [3.63, 3.8) is 0 Å². The van der Waals surface area contributed by atoms with Crippen LogP contribution in [0.5, 0.6) is 0 Å². The number of rotatable bonds is 5. The summed E-state index contributed by atoms with van der Waals surface area (Å²) in [6, 6.07) is 13.8. The summed E-state index contributed by atoms with van der Waals surface area (Å²) in [6.07, 6.45) is 0.862. The first-order valence-corrected chi connectivity index (χ1v) is 8.69. The summed E-state index contributed by atoms with van der Waals surface area (Å²) >= 11 is 4.98. The molecule has 3 aromatic rings. The van der Waals surface area contributed by atoms with Gasteiger partial charge < -0.3 is 9.52 Å². The Morgan fingerprint density at radius 3 is 2.68 bits per heavy atom. The van der Waals surface area contributed by atoms with Gasteiger partial charge in [0.2, 0.25) is 5.89 Å². The van der Waals surface area contributed by atoms with Crippen LogP contribution in [0.25, 0.3) is 11.5 Å². The molecule has 0 amide bonds. The first kappa shape index (κ1) is 15.5. The second kappa shape index (κ2) is 6.77. The molecule has 2 heterocycles.